The van der Waals surface area contributed by atoms with Crippen LogP contribution in [-0.2, 0) is 6.42 Å². The summed E-state index contributed by atoms with van der Waals surface area (Å²) in [5.74, 6) is 0.547. The van der Waals surface area contributed by atoms with Gasteiger partial charge in [-0.2, -0.15) is 0 Å². The van der Waals surface area contributed by atoms with Crippen LogP contribution in [0.25, 0.3) is 0 Å². The molecule has 2 heteroatoms. The van der Waals surface area contributed by atoms with Gasteiger partial charge in [-0.3, -0.25) is 4.98 Å². The van der Waals surface area contributed by atoms with Crippen molar-refractivity contribution in [2.45, 2.75) is 45.1 Å². The number of nitrogens with zero attached hydrogens (tertiary/aromatic N) is 1. The molecule has 2 rings (SSSR count). The van der Waals surface area contributed by atoms with Gasteiger partial charge in [-0.25, -0.2) is 0 Å². The number of benzene rings is 1. The predicted octanol–water partition coefficient (Wildman–Crippen LogP) is 4.19. The van der Waals surface area contributed by atoms with E-state index in [9.17, 15) is 0 Å². The molecule has 2 atom stereocenters. The lowest BCUT2D eigenvalue weighted by Crippen LogP contribution is -2.37. The van der Waals surface area contributed by atoms with Crippen LogP contribution in [0.3, 0.4) is 0 Å². The van der Waals surface area contributed by atoms with Gasteiger partial charge < -0.3 is 5.32 Å². The Labute approximate surface area is 128 Å². The first-order chi connectivity index (χ1) is 10.3. The molecule has 0 saturated carbocycles. The van der Waals surface area contributed by atoms with Crippen molar-refractivity contribution in [1.82, 2.24) is 10.3 Å². The molecule has 0 bridgehead atoms. The largest absolute Gasteiger partial charge is 0.313 e. The average Bonchev–Trinajstić information content (AvgIpc) is 2.55. The summed E-state index contributed by atoms with van der Waals surface area (Å²) < 4.78 is 0. The number of hydrogen-bond donors (Lipinski definition) is 1. The van der Waals surface area contributed by atoms with Gasteiger partial charge in [0.25, 0.3) is 0 Å². The summed E-state index contributed by atoms with van der Waals surface area (Å²) in [5.41, 5.74) is 2.79. The quantitative estimate of drug-likeness (QED) is 0.785. The molecule has 0 aliphatic carbocycles. The molecule has 2 nitrogen and oxygen atoms in total. The van der Waals surface area contributed by atoms with E-state index >= 15 is 0 Å². The Hall–Kier alpha value is -1.67. The minimum Gasteiger partial charge on any atom is -0.313 e. The molecule has 0 aliphatic rings. The van der Waals surface area contributed by atoms with Crippen molar-refractivity contribution >= 4 is 0 Å². The monoisotopic (exact) mass is 282 g/mol. The average molecular weight is 282 g/mol. The highest BCUT2D eigenvalue weighted by atomic mass is 14.9. The number of pyridine rings is 1. The molecule has 0 amide bonds. The summed E-state index contributed by atoms with van der Waals surface area (Å²) in [6.45, 7) is 5.57. The van der Waals surface area contributed by atoms with Crippen LogP contribution in [-0.4, -0.2) is 17.6 Å². The van der Waals surface area contributed by atoms with Crippen molar-refractivity contribution < 1.29 is 0 Å². The van der Waals surface area contributed by atoms with Crippen molar-refractivity contribution in [3.63, 3.8) is 0 Å². The predicted molar refractivity (Wildman–Crippen MR) is 89.5 cm³/mol. The Morgan fingerprint density at radius 1 is 1.00 bits per heavy atom. The van der Waals surface area contributed by atoms with E-state index in [0.717, 1.165) is 25.8 Å². The van der Waals surface area contributed by atoms with Crippen LogP contribution < -0.4 is 5.32 Å². The topological polar surface area (TPSA) is 24.9 Å². The van der Waals surface area contributed by atoms with E-state index in [1.54, 1.807) is 0 Å². The van der Waals surface area contributed by atoms with E-state index in [1.807, 2.05) is 12.4 Å². The number of hydrogen-bond acceptors (Lipinski definition) is 2. The molecular weight excluding hydrogens is 256 g/mol. The van der Waals surface area contributed by atoms with Gasteiger partial charge in [0.05, 0.1) is 0 Å². The Morgan fingerprint density at radius 2 is 1.71 bits per heavy atom. The summed E-state index contributed by atoms with van der Waals surface area (Å²) in [6.07, 6.45) is 7.13. The normalized spacial score (nSPS) is 13.8. The van der Waals surface area contributed by atoms with Crippen molar-refractivity contribution in [3.8, 4) is 0 Å². The Balaban J connectivity index is 2.17. The van der Waals surface area contributed by atoms with Gasteiger partial charge >= 0.3 is 0 Å². The summed E-state index contributed by atoms with van der Waals surface area (Å²) >= 11 is 0. The van der Waals surface area contributed by atoms with Crippen LogP contribution in [0.4, 0.5) is 0 Å². The van der Waals surface area contributed by atoms with Crippen molar-refractivity contribution in [3.05, 3.63) is 66.0 Å². The first kappa shape index (κ1) is 15.7. The maximum atomic E-state index is 4.12. The molecule has 0 fully saturated rings. The summed E-state index contributed by atoms with van der Waals surface area (Å²) in [4.78, 5) is 4.12. The van der Waals surface area contributed by atoms with E-state index in [4.69, 9.17) is 0 Å². The zero-order valence-electron chi connectivity index (χ0n) is 13.1. The van der Waals surface area contributed by atoms with E-state index in [-0.39, 0.29) is 0 Å². The molecule has 2 unspecified atom stereocenters. The minimum atomic E-state index is 0.472. The fourth-order valence-corrected chi connectivity index (χ4v) is 2.91. The van der Waals surface area contributed by atoms with Crippen LogP contribution in [0.5, 0.6) is 0 Å². The SMILES string of the molecule is CCCNC(Cc1ccncc1)C(CC)c1ccccc1. The lowest BCUT2D eigenvalue weighted by atomic mass is 9.85. The Bertz CT molecular complexity index is 495. The van der Waals surface area contributed by atoms with E-state index < -0.39 is 0 Å². The standard InChI is InChI=1S/C19H26N2/c1-3-12-21-19(15-16-10-13-20-14-11-16)18(4-2)17-8-6-5-7-9-17/h5-11,13-14,18-19,21H,3-4,12,15H2,1-2H3. The molecule has 1 aromatic carbocycles. The zero-order valence-corrected chi connectivity index (χ0v) is 13.1. The van der Waals surface area contributed by atoms with Gasteiger partial charge in [0, 0.05) is 18.4 Å². The van der Waals surface area contributed by atoms with Crippen molar-refractivity contribution in [2.75, 3.05) is 6.54 Å². The summed E-state index contributed by atoms with van der Waals surface area (Å²) in [6, 6.07) is 15.6. The highest BCUT2D eigenvalue weighted by Gasteiger charge is 2.21. The number of nitrogens with one attached hydrogen (secondary N) is 1. The van der Waals surface area contributed by atoms with Crippen LogP contribution in [0.2, 0.25) is 0 Å². The minimum absolute atomic E-state index is 0.472. The molecule has 1 heterocycles. The zero-order chi connectivity index (χ0) is 14.9. The van der Waals surface area contributed by atoms with Gasteiger partial charge in [-0.05, 0) is 55.0 Å². The first-order valence-corrected chi connectivity index (χ1v) is 8.02. The second-order valence-corrected chi connectivity index (χ2v) is 5.55. The maximum absolute atomic E-state index is 4.12. The summed E-state index contributed by atoms with van der Waals surface area (Å²) in [7, 11) is 0. The Kier molecular flexibility index (Phi) is 6.42. The lowest BCUT2D eigenvalue weighted by Gasteiger charge is -2.28. The van der Waals surface area contributed by atoms with Gasteiger partial charge in [-0.15, -0.1) is 0 Å². The molecule has 112 valence electrons. The fraction of sp³-hybridized carbons (Fsp3) is 0.421. The third kappa shape index (κ3) is 4.68. The third-order valence-electron chi connectivity index (χ3n) is 4.01. The number of aromatic nitrogens is 1. The fourth-order valence-electron chi connectivity index (χ4n) is 2.91. The molecule has 0 aliphatic heterocycles. The Morgan fingerprint density at radius 3 is 2.33 bits per heavy atom. The van der Waals surface area contributed by atoms with E-state index in [0.29, 0.717) is 12.0 Å². The highest BCUT2D eigenvalue weighted by molar-refractivity contribution is 5.23. The molecule has 2 aromatic rings. The van der Waals surface area contributed by atoms with Gasteiger partial charge in [0.2, 0.25) is 0 Å². The number of rotatable bonds is 8. The van der Waals surface area contributed by atoms with E-state index in [1.165, 1.54) is 11.1 Å². The molecule has 0 radical (unpaired) electrons. The highest BCUT2D eigenvalue weighted by Crippen LogP contribution is 2.25. The first-order valence-electron chi connectivity index (χ1n) is 8.02. The lowest BCUT2D eigenvalue weighted by molar-refractivity contribution is 0.419. The molecule has 21 heavy (non-hydrogen) atoms. The maximum Gasteiger partial charge on any atom is 0.0270 e. The molecule has 0 saturated heterocycles. The third-order valence-corrected chi connectivity index (χ3v) is 4.01. The summed E-state index contributed by atoms with van der Waals surface area (Å²) in [5, 5.41) is 3.75. The smallest absolute Gasteiger partial charge is 0.0270 e. The van der Waals surface area contributed by atoms with E-state index in [2.05, 4.69) is 66.6 Å². The second kappa shape index (κ2) is 8.58. The van der Waals surface area contributed by atoms with Gasteiger partial charge in [0.15, 0.2) is 0 Å². The van der Waals surface area contributed by atoms with Gasteiger partial charge in [-0.1, -0.05) is 44.2 Å². The van der Waals surface area contributed by atoms with Crippen LogP contribution in [0.1, 0.15) is 43.7 Å². The van der Waals surface area contributed by atoms with Crippen molar-refractivity contribution in [1.29, 1.82) is 0 Å². The molecule has 0 spiro atoms. The van der Waals surface area contributed by atoms with Crippen LogP contribution in [0.15, 0.2) is 54.9 Å². The van der Waals surface area contributed by atoms with Gasteiger partial charge in [0.1, 0.15) is 0 Å². The molecule has 1 aromatic heterocycles. The van der Waals surface area contributed by atoms with Crippen molar-refractivity contribution in [2.24, 2.45) is 0 Å². The van der Waals surface area contributed by atoms with Crippen LogP contribution in [0, 0.1) is 0 Å². The van der Waals surface area contributed by atoms with Crippen LogP contribution >= 0.6 is 0 Å². The molecular formula is C19H26N2. The molecule has 1 N–H and O–H groups in total. The second-order valence-electron chi connectivity index (χ2n) is 5.55.